The van der Waals surface area contributed by atoms with Crippen molar-refractivity contribution in [3.63, 3.8) is 0 Å². The standard InChI is InChI=1S/C84H72BN5S/c1-82(2,3)63-32-37-66(38-33-63)88(73-30-17-16-29-69(73)61-28-20-46-87-54-61)68-41-42-72-75(52-68)90(74-43-36-65(84(7,8)9)51-70(74)59-26-18-25-57(47-59)60-27-19-45-86-53-60)77-50-62(56-23-14-11-15-24-56)49-76-79(77)85(72)81-80(89(76)67-39-34-64(35-40-67)83(4,5)6)71-48-58(31-44-78(71)91-81)55-21-12-10-13-22-55/h10-54H,1-9H3. The number of para-hydroxylation sites is 1. The van der Waals surface area contributed by atoms with Crippen LogP contribution in [0.15, 0.2) is 274 Å². The summed E-state index contributed by atoms with van der Waals surface area (Å²) in [4.78, 5) is 17.0. The van der Waals surface area contributed by atoms with Crippen molar-refractivity contribution < 1.29 is 0 Å². The number of pyridine rings is 2. The molecule has 0 saturated carbocycles. The lowest BCUT2D eigenvalue weighted by Crippen LogP contribution is -2.60. The Morgan fingerprint density at radius 1 is 0.374 bits per heavy atom. The molecule has 0 atom stereocenters. The van der Waals surface area contributed by atoms with Crippen LogP contribution in [0.2, 0.25) is 0 Å². The van der Waals surface area contributed by atoms with Gasteiger partial charge in [0.15, 0.2) is 0 Å². The van der Waals surface area contributed by atoms with E-state index >= 15 is 0 Å². The van der Waals surface area contributed by atoms with Gasteiger partial charge in [-0.2, -0.15) is 0 Å². The maximum absolute atomic E-state index is 4.67. The van der Waals surface area contributed by atoms with Crippen LogP contribution in [0, 0.1) is 0 Å². The van der Waals surface area contributed by atoms with Crippen molar-refractivity contribution in [1.29, 1.82) is 0 Å². The van der Waals surface area contributed by atoms with Crippen molar-refractivity contribution in [2.45, 2.75) is 78.6 Å². The second kappa shape index (κ2) is 22.4. The second-order valence-electron chi connectivity index (χ2n) is 27.5. The Bertz CT molecular complexity index is 4870. The van der Waals surface area contributed by atoms with Gasteiger partial charge in [-0.15, -0.1) is 11.3 Å². The van der Waals surface area contributed by atoms with E-state index < -0.39 is 0 Å². The predicted octanol–water partition coefficient (Wildman–Crippen LogP) is 21.5. The smallest absolute Gasteiger partial charge is 0.264 e. The van der Waals surface area contributed by atoms with Gasteiger partial charge in [0.05, 0.1) is 17.1 Å². The molecule has 2 aliphatic rings. The minimum Gasteiger partial charge on any atom is -0.311 e. The number of thiophene rings is 1. The Labute approximate surface area is 540 Å². The molecule has 2 aliphatic heterocycles. The third-order valence-electron chi connectivity index (χ3n) is 18.5. The van der Waals surface area contributed by atoms with Gasteiger partial charge in [0.2, 0.25) is 0 Å². The molecule has 10 aromatic carbocycles. The first-order valence-corrected chi connectivity index (χ1v) is 32.6. The molecule has 0 fully saturated rings. The van der Waals surface area contributed by atoms with Crippen LogP contribution in [0.4, 0.5) is 51.2 Å². The minimum absolute atomic E-state index is 0.0319. The summed E-state index contributed by atoms with van der Waals surface area (Å²) >= 11 is 1.94. The van der Waals surface area contributed by atoms with Crippen LogP contribution in [-0.2, 0) is 16.2 Å². The van der Waals surface area contributed by atoms with E-state index in [1.165, 1.54) is 65.0 Å². The van der Waals surface area contributed by atoms with Crippen molar-refractivity contribution in [3.05, 3.63) is 290 Å². The summed E-state index contributed by atoms with van der Waals surface area (Å²) in [5.41, 5.74) is 27.4. The van der Waals surface area contributed by atoms with Crippen molar-refractivity contribution >= 4 is 95.0 Å². The Morgan fingerprint density at radius 3 is 1.59 bits per heavy atom. The summed E-state index contributed by atoms with van der Waals surface area (Å²) in [5, 5.41) is 1.24. The average molecular weight is 1190 g/mol. The molecule has 0 unspecified atom stereocenters. The summed E-state index contributed by atoms with van der Waals surface area (Å²) in [6, 6.07) is 93.5. The number of aromatic nitrogens is 2. The van der Waals surface area contributed by atoms with E-state index in [1.54, 1.807) is 0 Å². The Balaban J connectivity index is 1.07. The van der Waals surface area contributed by atoms with Crippen LogP contribution in [0.25, 0.3) is 65.7 Å². The van der Waals surface area contributed by atoms with Crippen LogP contribution in [-0.4, -0.2) is 16.7 Å². The van der Waals surface area contributed by atoms with Crippen molar-refractivity contribution in [1.82, 2.24) is 9.97 Å². The van der Waals surface area contributed by atoms with Crippen LogP contribution in [0.3, 0.4) is 0 Å². The topological polar surface area (TPSA) is 35.5 Å². The largest absolute Gasteiger partial charge is 0.311 e. The molecule has 442 valence electrons. The van der Waals surface area contributed by atoms with Gasteiger partial charge >= 0.3 is 0 Å². The summed E-state index contributed by atoms with van der Waals surface area (Å²) in [5.74, 6) is 0. The molecule has 0 spiro atoms. The van der Waals surface area contributed by atoms with Crippen molar-refractivity contribution in [2.24, 2.45) is 0 Å². The van der Waals surface area contributed by atoms with Gasteiger partial charge in [-0.05, 0) is 174 Å². The molecule has 15 rings (SSSR count). The summed E-state index contributed by atoms with van der Waals surface area (Å²) in [7, 11) is 0. The van der Waals surface area contributed by atoms with E-state index in [0.29, 0.717) is 0 Å². The van der Waals surface area contributed by atoms with Gasteiger partial charge in [0.1, 0.15) is 0 Å². The van der Waals surface area contributed by atoms with Crippen LogP contribution in [0.5, 0.6) is 0 Å². The van der Waals surface area contributed by atoms with E-state index in [1.807, 2.05) is 48.3 Å². The quantitative estimate of drug-likeness (QED) is 0.128. The van der Waals surface area contributed by atoms with Gasteiger partial charge in [-0.3, -0.25) is 9.97 Å². The average Bonchev–Trinajstić information content (AvgIpc) is 1.52. The van der Waals surface area contributed by atoms with Crippen molar-refractivity contribution in [3.8, 4) is 55.6 Å². The Hall–Kier alpha value is -10.1. The molecule has 0 N–H and O–H groups in total. The molecule has 91 heavy (non-hydrogen) atoms. The summed E-state index contributed by atoms with van der Waals surface area (Å²) in [6.07, 6.45) is 7.66. The lowest BCUT2D eigenvalue weighted by Gasteiger charge is -2.44. The SMILES string of the molecule is CC(C)(C)c1ccc(N(c2ccc3c(c2)N(c2ccc(C(C)(C)C)cc2-c2cccc(-c4cccnc4)c2)c2cc(-c4ccccc4)cc4c2B3c2sc3ccc(-c5ccccc5)cc3c2N4c2ccc(C(C)(C)C)cc2)c2ccccc2-c2cccnc2)cc1. The van der Waals surface area contributed by atoms with Gasteiger partial charge in [0.25, 0.3) is 6.71 Å². The van der Waals surface area contributed by atoms with Crippen LogP contribution >= 0.6 is 11.3 Å². The Kier molecular flexibility index (Phi) is 14.2. The highest BCUT2D eigenvalue weighted by atomic mass is 32.1. The fourth-order valence-corrected chi connectivity index (χ4v) is 15.0. The number of fused-ring (bicyclic) bond motifs is 6. The van der Waals surface area contributed by atoms with Crippen molar-refractivity contribution in [2.75, 3.05) is 14.7 Å². The number of anilines is 9. The predicted molar refractivity (Wildman–Crippen MR) is 389 cm³/mol. The monoisotopic (exact) mass is 1190 g/mol. The van der Waals surface area contributed by atoms with Crippen LogP contribution < -0.4 is 30.4 Å². The highest BCUT2D eigenvalue weighted by Gasteiger charge is 2.46. The van der Waals surface area contributed by atoms with Gasteiger partial charge in [0, 0.05) is 96.0 Å². The molecule has 0 amide bonds. The molecular formula is C84H72BN5S. The van der Waals surface area contributed by atoms with E-state index in [-0.39, 0.29) is 23.0 Å². The van der Waals surface area contributed by atoms with Gasteiger partial charge in [-0.1, -0.05) is 214 Å². The number of benzene rings is 10. The number of hydrogen-bond acceptors (Lipinski definition) is 6. The zero-order valence-corrected chi connectivity index (χ0v) is 54.0. The molecule has 0 bridgehead atoms. The van der Waals surface area contributed by atoms with Gasteiger partial charge in [-0.25, -0.2) is 0 Å². The first-order chi connectivity index (χ1) is 44.0. The van der Waals surface area contributed by atoms with E-state index in [2.05, 4.69) is 324 Å². The first kappa shape index (κ1) is 57.4. The summed E-state index contributed by atoms with van der Waals surface area (Å²) < 4.78 is 2.57. The molecule has 13 aromatic rings. The summed E-state index contributed by atoms with van der Waals surface area (Å²) in [6.45, 7) is 20.6. The fourth-order valence-electron chi connectivity index (χ4n) is 13.7. The second-order valence-corrected chi connectivity index (χ2v) is 28.6. The third-order valence-corrected chi connectivity index (χ3v) is 19.7. The lowest BCUT2D eigenvalue weighted by molar-refractivity contribution is 0.590. The minimum atomic E-state index is -0.152. The molecule has 3 aromatic heterocycles. The number of hydrogen-bond donors (Lipinski definition) is 0. The molecule has 5 nitrogen and oxygen atoms in total. The highest BCUT2D eigenvalue weighted by molar-refractivity contribution is 7.33. The zero-order chi connectivity index (χ0) is 62.3. The zero-order valence-electron chi connectivity index (χ0n) is 53.2. The molecule has 7 heteroatoms. The normalized spacial score (nSPS) is 12.8. The van der Waals surface area contributed by atoms with E-state index in [4.69, 9.17) is 0 Å². The van der Waals surface area contributed by atoms with E-state index in [9.17, 15) is 0 Å². The highest BCUT2D eigenvalue weighted by Crippen LogP contribution is 2.53. The Morgan fingerprint density at radius 2 is 0.934 bits per heavy atom. The van der Waals surface area contributed by atoms with E-state index in [0.717, 1.165) is 84.3 Å². The molecule has 0 aliphatic carbocycles. The fraction of sp³-hybridized carbons (Fsp3) is 0.143. The first-order valence-electron chi connectivity index (χ1n) is 31.8. The maximum Gasteiger partial charge on any atom is 0.264 e. The molecule has 5 heterocycles. The number of rotatable bonds is 10. The number of nitrogens with zero attached hydrogens (tertiary/aromatic N) is 5. The maximum atomic E-state index is 4.67. The van der Waals surface area contributed by atoms with Gasteiger partial charge < -0.3 is 14.7 Å². The molecule has 0 saturated heterocycles. The van der Waals surface area contributed by atoms with Crippen LogP contribution in [0.1, 0.15) is 79.0 Å². The molecular weight excluding hydrogens is 1120 g/mol. The molecule has 0 radical (unpaired) electrons. The third kappa shape index (κ3) is 10.4. The lowest BCUT2D eigenvalue weighted by atomic mass is 9.36.